The molecule has 1 fully saturated rings. The second-order valence-electron chi connectivity index (χ2n) is 4.13. The van der Waals surface area contributed by atoms with Crippen molar-refractivity contribution in [3.63, 3.8) is 0 Å². The lowest BCUT2D eigenvalue weighted by atomic mass is 10.0. The topological polar surface area (TPSA) is 84.1 Å². The summed E-state index contributed by atoms with van der Waals surface area (Å²) in [6.07, 6.45) is 4.82. The van der Waals surface area contributed by atoms with Gasteiger partial charge in [0, 0.05) is 19.3 Å². The fourth-order valence-corrected chi connectivity index (χ4v) is 1.65. The fraction of sp³-hybridized carbons (Fsp3) is 0.600. The fourth-order valence-electron chi connectivity index (χ4n) is 1.65. The van der Waals surface area contributed by atoms with E-state index in [9.17, 15) is 0 Å². The van der Waals surface area contributed by atoms with Gasteiger partial charge in [0.1, 0.15) is 5.82 Å². The van der Waals surface area contributed by atoms with E-state index in [0.717, 1.165) is 13.0 Å². The zero-order valence-corrected chi connectivity index (χ0v) is 8.61. The Hall–Kier alpha value is -1.36. The Bertz CT molecular complexity index is 338. The van der Waals surface area contributed by atoms with Gasteiger partial charge in [0.25, 0.3) is 0 Å². The number of aromatic nitrogens is 2. The minimum absolute atomic E-state index is 0.249. The van der Waals surface area contributed by atoms with Crippen LogP contribution in [0, 0.1) is 5.41 Å². The molecule has 1 aliphatic carbocycles. The molecule has 0 saturated heterocycles. The van der Waals surface area contributed by atoms with E-state index in [1.807, 2.05) is 0 Å². The summed E-state index contributed by atoms with van der Waals surface area (Å²) in [5, 5.41) is 12.1. The summed E-state index contributed by atoms with van der Waals surface area (Å²) in [7, 11) is 0. The van der Waals surface area contributed by atoms with Crippen LogP contribution in [0.1, 0.15) is 19.3 Å². The van der Waals surface area contributed by atoms with Crippen molar-refractivity contribution >= 4 is 11.8 Å². The first kappa shape index (κ1) is 10.2. The Kier molecular flexibility index (Phi) is 2.73. The van der Waals surface area contributed by atoms with Crippen LogP contribution < -0.4 is 11.1 Å². The van der Waals surface area contributed by atoms with E-state index in [4.69, 9.17) is 10.8 Å². The molecule has 0 atom stereocenters. The van der Waals surface area contributed by atoms with E-state index in [0.29, 0.717) is 11.8 Å². The van der Waals surface area contributed by atoms with Gasteiger partial charge in [-0.2, -0.15) is 4.98 Å². The van der Waals surface area contributed by atoms with Crippen LogP contribution in [0.5, 0.6) is 0 Å². The minimum Gasteiger partial charge on any atom is -0.396 e. The quantitative estimate of drug-likeness (QED) is 0.661. The molecule has 5 nitrogen and oxygen atoms in total. The van der Waals surface area contributed by atoms with Crippen molar-refractivity contribution in [1.29, 1.82) is 0 Å². The molecule has 1 aromatic heterocycles. The molecule has 2 rings (SSSR count). The number of hydrogen-bond acceptors (Lipinski definition) is 5. The van der Waals surface area contributed by atoms with Crippen molar-refractivity contribution in [3.05, 3.63) is 12.3 Å². The third-order valence-corrected chi connectivity index (χ3v) is 2.90. The minimum atomic E-state index is 0.249. The van der Waals surface area contributed by atoms with Crippen LogP contribution >= 0.6 is 0 Å². The monoisotopic (exact) mass is 208 g/mol. The smallest absolute Gasteiger partial charge is 0.224 e. The molecule has 15 heavy (non-hydrogen) atoms. The standard InChI is InChI=1S/C10H16N4O/c11-8-1-5-12-9(14-8)13-7-10(2-3-10)4-6-15/h1,5,15H,2-4,6-7H2,(H3,11,12,13,14). The summed E-state index contributed by atoms with van der Waals surface area (Å²) in [6.45, 7) is 1.07. The average Bonchev–Trinajstić information content (AvgIpc) is 2.97. The van der Waals surface area contributed by atoms with Crippen LogP contribution in [0.3, 0.4) is 0 Å². The predicted molar refractivity (Wildman–Crippen MR) is 58.3 cm³/mol. The molecule has 1 saturated carbocycles. The number of nitrogens with zero attached hydrogens (tertiary/aromatic N) is 2. The molecule has 5 heteroatoms. The molecular weight excluding hydrogens is 192 g/mol. The van der Waals surface area contributed by atoms with Crippen molar-refractivity contribution in [3.8, 4) is 0 Å². The van der Waals surface area contributed by atoms with Crippen molar-refractivity contribution in [2.45, 2.75) is 19.3 Å². The average molecular weight is 208 g/mol. The molecular formula is C10H16N4O. The Morgan fingerprint density at radius 3 is 2.93 bits per heavy atom. The highest BCUT2D eigenvalue weighted by molar-refractivity contribution is 5.35. The number of hydrogen-bond donors (Lipinski definition) is 3. The van der Waals surface area contributed by atoms with Gasteiger partial charge in [-0.05, 0) is 30.7 Å². The second kappa shape index (κ2) is 4.02. The molecule has 1 heterocycles. The number of anilines is 2. The first-order valence-corrected chi connectivity index (χ1v) is 5.17. The Morgan fingerprint density at radius 2 is 2.33 bits per heavy atom. The van der Waals surface area contributed by atoms with E-state index < -0.39 is 0 Å². The zero-order valence-electron chi connectivity index (χ0n) is 8.61. The van der Waals surface area contributed by atoms with E-state index in [2.05, 4.69) is 15.3 Å². The highest BCUT2D eigenvalue weighted by Gasteiger charge is 2.41. The van der Waals surface area contributed by atoms with Crippen LogP contribution in [0.15, 0.2) is 12.3 Å². The van der Waals surface area contributed by atoms with Crippen LogP contribution in [0.4, 0.5) is 11.8 Å². The van der Waals surface area contributed by atoms with Gasteiger partial charge in [-0.3, -0.25) is 0 Å². The summed E-state index contributed by atoms with van der Waals surface area (Å²) in [5.41, 5.74) is 5.81. The van der Waals surface area contributed by atoms with Gasteiger partial charge < -0.3 is 16.2 Å². The van der Waals surface area contributed by atoms with E-state index in [1.54, 1.807) is 12.3 Å². The summed E-state index contributed by atoms with van der Waals surface area (Å²) in [6, 6.07) is 1.66. The zero-order chi connectivity index (χ0) is 10.7. The van der Waals surface area contributed by atoms with Gasteiger partial charge in [0.2, 0.25) is 5.95 Å². The molecule has 1 aromatic rings. The molecule has 0 unspecified atom stereocenters. The lowest BCUT2D eigenvalue weighted by molar-refractivity contribution is 0.253. The molecule has 0 spiro atoms. The van der Waals surface area contributed by atoms with E-state index in [1.165, 1.54) is 12.8 Å². The molecule has 0 amide bonds. The number of nitrogens with one attached hydrogen (secondary N) is 1. The van der Waals surface area contributed by atoms with Crippen molar-refractivity contribution in [2.75, 3.05) is 24.2 Å². The number of rotatable bonds is 5. The van der Waals surface area contributed by atoms with E-state index >= 15 is 0 Å². The summed E-state index contributed by atoms with van der Waals surface area (Å²) in [5.74, 6) is 1.04. The highest BCUT2D eigenvalue weighted by Crippen LogP contribution is 2.48. The molecule has 0 aliphatic heterocycles. The number of nitrogen functional groups attached to an aromatic ring is 1. The summed E-state index contributed by atoms with van der Waals surface area (Å²) in [4.78, 5) is 8.12. The maximum absolute atomic E-state index is 8.90. The predicted octanol–water partition coefficient (Wildman–Crippen LogP) is 0.633. The van der Waals surface area contributed by atoms with Crippen LogP contribution in [-0.2, 0) is 0 Å². The first-order chi connectivity index (χ1) is 7.24. The second-order valence-corrected chi connectivity index (χ2v) is 4.13. The van der Waals surface area contributed by atoms with Crippen molar-refractivity contribution < 1.29 is 5.11 Å². The Morgan fingerprint density at radius 1 is 1.53 bits per heavy atom. The van der Waals surface area contributed by atoms with Crippen molar-refractivity contribution in [1.82, 2.24) is 9.97 Å². The normalized spacial score (nSPS) is 17.4. The lowest BCUT2D eigenvalue weighted by Gasteiger charge is -2.14. The SMILES string of the molecule is Nc1ccnc(NCC2(CCO)CC2)n1. The summed E-state index contributed by atoms with van der Waals surface area (Å²) >= 11 is 0. The van der Waals surface area contributed by atoms with Gasteiger partial charge in [0.15, 0.2) is 0 Å². The number of nitrogens with two attached hydrogens (primary N) is 1. The van der Waals surface area contributed by atoms with E-state index in [-0.39, 0.29) is 12.0 Å². The Labute approximate surface area is 88.7 Å². The van der Waals surface area contributed by atoms with Gasteiger partial charge >= 0.3 is 0 Å². The molecule has 0 aromatic carbocycles. The molecule has 4 N–H and O–H groups in total. The van der Waals surface area contributed by atoms with Gasteiger partial charge in [-0.15, -0.1) is 0 Å². The first-order valence-electron chi connectivity index (χ1n) is 5.17. The van der Waals surface area contributed by atoms with Crippen LogP contribution in [-0.4, -0.2) is 28.2 Å². The third-order valence-electron chi connectivity index (χ3n) is 2.90. The highest BCUT2D eigenvalue weighted by atomic mass is 16.3. The van der Waals surface area contributed by atoms with Gasteiger partial charge in [0.05, 0.1) is 0 Å². The maximum atomic E-state index is 8.90. The molecule has 0 bridgehead atoms. The lowest BCUT2D eigenvalue weighted by Crippen LogP contribution is -2.18. The largest absolute Gasteiger partial charge is 0.396 e. The van der Waals surface area contributed by atoms with Gasteiger partial charge in [-0.25, -0.2) is 4.98 Å². The number of aliphatic hydroxyl groups excluding tert-OH is 1. The number of aliphatic hydroxyl groups is 1. The molecule has 0 radical (unpaired) electrons. The molecule has 82 valence electrons. The van der Waals surface area contributed by atoms with Crippen molar-refractivity contribution in [2.24, 2.45) is 5.41 Å². The van der Waals surface area contributed by atoms with Gasteiger partial charge in [-0.1, -0.05) is 0 Å². The van der Waals surface area contributed by atoms with Crippen LogP contribution in [0.2, 0.25) is 0 Å². The maximum Gasteiger partial charge on any atom is 0.224 e. The molecule has 1 aliphatic rings. The third kappa shape index (κ3) is 2.56. The summed E-state index contributed by atoms with van der Waals surface area (Å²) < 4.78 is 0. The Balaban J connectivity index is 1.88. The van der Waals surface area contributed by atoms with Crippen LogP contribution in [0.25, 0.3) is 0 Å².